The lowest BCUT2D eigenvalue weighted by Gasteiger charge is -2.14. The number of aromatic nitrogens is 1. The molecule has 1 fully saturated rings. The highest BCUT2D eigenvalue weighted by atomic mass is 32.2. The van der Waals surface area contributed by atoms with Crippen molar-refractivity contribution in [3.63, 3.8) is 0 Å². The van der Waals surface area contributed by atoms with Crippen LogP contribution < -0.4 is 4.72 Å². The molecule has 0 aliphatic heterocycles. The van der Waals surface area contributed by atoms with Crippen molar-refractivity contribution >= 4 is 27.3 Å². The molecule has 9 heteroatoms. The number of carbonyl (C=O) groups is 1. The summed E-state index contributed by atoms with van der Waals surface area (Å²) < 4.78 is 32.7. The van der Waals surface area contributed by atoms with E-state index in [2.05, 4.69) is 9.88 Å². The van der Waals surface area contributed by atoms with Crippen LogP contribution in [0.4, 0.5) is 0 Å². The molecule has 3 aromatic rings. The van der Waals surface area contributed by atoms with Crippen LogP contribution in [-0.2, 0) is 14.8 Å². The number of hydrogen-bond donors (Lipinski definition) is 2. The number of thiophene rings is 1. The summed E-state index contributed by atoms with van der Waals surface area (Å²) in [7, 11) is -3.98. The summed E-state index contributed by atoms with van der Waals surface area (Å²) in [6.45, 7) is 0. The van der Waals surface area contributed by atoms with Gasteiger partial charge >= 0.3 is 5.97 Å². The number of nitrogens with one attached hydrogen (secondary N) is 1. The molecular formula is C17H14N2O5S2. The average molecular weight is 390 g/mol. The number of sulfonamides is 1. The maximum absolute atomic E-state index is 12.7. The molecule has 7 nitrogen and oxygen atoms in total. The summed E-state index contributed by atoms with van der Waals surface area (Å²) in [5.41, 5.74) is -0.192. The van der Waals surface area contributed by atoms with Gasteiger partial charge in [0, 0.05) is 12.0 Å². The van der Waals surface area contributed by atoms with Gasteiger partial charge in [0.15, 0.2) is 0 Å². The Hall–Kier alpha value is -2.49. The summed E-state index contributed by atoms with van der Waals surface area (Å²) in [6.07, 6.45) is 1.61. The lowest BCUT2D eigenvalue weighted by molar-refractivity contribution is -0.140. The zero-order chi connectivity index (χ0) is 18.4. The Balaban J connectivity index is 1.62. The van der Waals surface area contributed by atoms with Crippen LogP contribution in [-0.4, -0.2) is 30.2 Å². The molecule has 4 rings (SSSR count). The smallest absolute Gasteiger partial charge is 0.325 e. The van der Waals surface area contributed by atoms with Crippen LogP contribution >= 0.6 is 11.3 Å². The lowest BCUT2D eigenvalue weighted by Crippen LogP contribution is -2.44. The minimum Gasteiger partial charge on any atom is -0.480 e. The summed E-state index contributed by atoms with van der Waals surface area (Å²) in [4.78, 5) is 12.4. The van der Waals surface area contributed by atoms with E-state index in [4.69, 9.17) is 4.52 Å². The SMILES string of the molecule is O=C(O)C1(NS(=O)(=O)c2ccc(-c3ccon3)s2)CC1c1ccccc1. The third-order valence-corrected chi connectivity index (χ3v) is 7.51. The standard InChI is InChI=1S/C17H14N2O5S2/c20-16(21)17(10-12(17)11-4-2-1-3-5-11)19-26(22,23)15-7-6-14(25-15)13-8-9-24-18-13/h1-9,12,19H,10H2,(H,20,21). The highest BCUT2D eigenvalue weighted by molar-refractivity contribution is 7.91. The maximum Gasteiger partial charge on any atom is 0.325 e. The van der Waals surface area contributed by atoms with Crippen LogP contribution in [0.5, 0.6) is 0 Å². The van der Waals surface area contributed by atoms with Crippen molar-refractivity contribution in [1.29, 1.82) is 0 Å². The van der Waals surface area contributed by atoms with Crippen molar-refractivity contribution in [2.75, 3.05) is 0 Å². The van der Waals surface area contributed by atoms with E-state index in [0.717, 1.165) is 16.9 Å². The minimum atomic E-state index is -3.98. The number of rotatable bonds is 6. The monoisotopic (exact) mass is 390 g/mol. The molecule has 2 atom stereocenters. The first-order valence-electron chi connectivity index (χ1n) is 7.75. The Kier molecular flexibility index (Phi) is 3.94. The van der Waals surface area contributed by atoms with Gasteiger partial charge in [-0.15, -0.1) is 11.3 Å². The van der Waals surface area contributed by atoms with Gasteiger partial charge in [0.05, 0.1) is 4.88 Å². The number of carboxylic acids is 1. The second-order valence-electron chi connectivity index (χ2n) is 6.05. The summed E-state index contributed by atoms with van der Waals surface area (Å²) >= 11 is 1.01. The van der Waals surface area contributed by atoms with Gasteiger partial charge in [-0.3, -0.25) is 4.79 Å². The van der Waals surface area contributed by atoms with Gasteiger partial charge in [0.2, 0.25) is 0 Å². The molecule has 0 amide bonds. The van der Waals surface area contributed by atoms with E-state index in [-0.39, 0.29) is 10.6 Å². The van der Waals surface area contributed by atoms with Crippen LogP contribution in [0, 0.1) is 0 Å². The van der Waals surface area contributed by atoms with Gasteiger partial charge in [-0.25, -0.2) is 8.42 Å². The fourth-order valence-corrected chi connectivity index (χ4v) is 5.65. The molecule has 0 spiro atoms. The van der Waals surface area contributed by atoms with Crippen LogP contribution in [0.1, 0.15) is 17.9 Å². The van der Waals surface area contributed by atoms with E-state index in [0.29, 0.717) is 10.6 Å². The van der Waals surface area contributed by atoms with Gasteiger partial charge < -0.3 is 9.63 Å². The third kappa shape index (κ3) is 2.83. The molecule has 2 unspecified atom stereocenters. The predicted octanol–water partition coefficient (Wildman–Crippen LogP) is 2.69. The predicted molar refractivity (Wildman–Crippen MR) is 94.3 cm³/mol. The first-order chi connectivity index (χ1) is 12.4. The first-order valence-corrected chi connectivity index (χ1v) is 10.1. The second kappa shape index (κ2) is 6.04. The number of hydrogen-bond acceptors (Lipinski definition) is 6. The van der Waals surface area contributed by atoms with Crippen molar-refractivity contribution in [1.82, 2.24) is 9.88 Å². The molecule has 1 saturated carbocycles. The zero-order valence-corrected chi connectivity index (χ0v) is 15.0. The highest BCUT2D eigenvalue weighted by Gasteiger charge is 2.63. The number of benzene rings is 1. The van der Waals surface area contributed by atoms with E-state index in [1.165, 1.54) is 12.3 Å². The van der Waals surface area contributed by atoms with Gasteiger partial charge in [-0.1, -0.05) is 35.5 Å². The molecule has 0 bridgehead atoms. The number of carboxylic acid groups (broad SMARTS) is 1. The zero-order valence-electron chi connectivity index (χ0n) is 13.3. The topological polar surface area (TPSA) is 110 Å². The molecule has 1 aliphatic carbocycles. The Morgan fingerprint density at radius 2 is 2.00 bits per heavy atom. The fourth-order valence-electron chi connectivity index (χ4n) is 2.98. The fraction of sp³-hybridized carbons (Fsp3) is 0.176. The largest absolute Gasteiger partial charge is 0.480 e. The van der Waals surface area contributed by atoms with Gasteiger partial charge in [-0.05, 0) is 24.1 Å². The minimum absolute atomic E-state index is 0.0369. The van der Waals surface area contributed by atoms with Crippen LogP contribution in [0.2, 0.25) is 0 Å². The van der Waals surface area contributed by atoms with E-state index in [9.17, 15) is 18.3 Å². The molecule has 1 aromatic carbocycles. The molecule has 26 heavy (non-hydrogen) atoms. The van der Waals surface area contributed by atoms with E-state index in [1.807, 2.05) is 6.07 Å². The van der Waals surface area contributed by atoms with Crippen LogP contribution in [0.25, 0.3) is 10.6 Å². The molecule has 2 heterocycles. The van der Waals surface area contributed by atoms with Gasteiger partial charge in [0.25, 0.3) is 10.0 Å². The molecule has 2 N–H and O–H groups in total. The first kappa shape index (κ1) is 17.0. The maximum atomic E-state index is 12.7. The Bertz CT molecular complexity index is 1040. The third-order valence-electron chi connectivity index (χ3n) is 4.40. The Morgan fingerprint density at radius 1 is 1.23 bits per heavy atom. The van der Waals surface area contributed by atoms with Crippen molar-refractivity contribution in [3.8, 4) is 10.6 Å². The van der Waals surface area contributed by atoms with E-state index >= 15 is 0 Å². The van der Waals surface area contributed by atoms with Crippen molar-refractivity contribution in [2.45, 2.75) is 22.1 Å². The lowest BCUT2D eigenvalue weighted by atomic mass is 10.1. The van der Waals surface area contributed by atoms with Gasteiger partial charge in [0.1, 0.15) is 21.7 Å². The number of aliphatic carboxylic acids is 1. The quantitative estimate of drug-likeness (QED) is 0.670. The molecule has 0 saturated heterocycles. The summed E-state index contributed by atoms with van der Waals surface area (Å²) in [5.74, 6) is -1.57. The highest BCUT2D eigenvalue weighted by Crippen LogP contribution is 2.52. The normalized spacial score (nSPS) is 22.2. The Morgan fingerprint density at radius 3 is 2.65 bits per heavy atom. The van der Waals surface area contributed by atoms with Crippen molar-refractivity contribution in [2.24, 2.45) is 0 Å². The van der Waals surface area contributed by atoms with Gasteiger partial charge in [-0.2, -0.15) is 4.72 Å². The average Bonchev–Trinajstić information content (AvgIpc) is 3.01. The molecule has 1 aliphatic rings. The summed E-state index contributed by atoms with van der Waals surface area (Å²) in [6, 6.07) is 13.7. The summed E-state index contributed by atoms with van der Waals surface area (Å²) in [5, 5.41) is 13.4. The molecule has 2 aromatic heterocycles. The van der Waals surface area contributed by atoms with Crippen molar-refractivity contribution < 1.29 is 22.8 Å². The Labute approximate surface area is 153 Å². The van der Waals surface area contributed by atoms with Crippen LogP contribution in [0.3, 0.4) is 0 Å². The van der Waals surface area contributed by atoms with E-state index < -0.39 is 27.4 Å². The van der Waals surface area contributed by atoms with Crippen molar-refractivity contribution in [3.05, 3.63) is 60.4 Å². The molecular weight excluding hydrogens is 376 g/mol. The molecule has 134 valence electrons. The van der Waals surface area contributed by atoms with Crippen LogP contribution in [0.15, 0.2) is 63.5 Å². The number of nitrogens with zero attached hydrogens (tertiary/aromatic N) is 1. The molecule has 0 radical (unpaired) electrons. The van der Waals surface area contributed by atoms with E-state index in [1.54, 1.807) is 36.4 Å². The second-order valence-corrected chi connectivity index (χ2v) is 9.05.